The summed E-state index contributed by atoms with van der Waals surface area (Å²) in [5.74, 6) is 9.10. The van der Waals surface area contributed by atoms with E-state index in [1.807, 2.05) is 0 Å². The maximum absolute atomic E-state index is 6.52. The van der Waals surface area contributed by atoms with Crippen LogP contribution in [-0.4, -0.2) is 58.2 Å². The molecule has 0 spiro atoms. The summed E-state index contributed by atoms with van der Waals surface area (Å²) in [6.07, 6.45) is 3.08. The molecule has 1 aliphatic heterocycles. The Balaban J connectivity index is 1.08. The molecule has 1 saturated heterocycles. The van der Waals surface area contributed by atoms with Crippen LogP contribution >= 0.6 is 47.0 Å². The van der Waals surface area contributed by atoms with E-state index in [2.05, 4.69) is 132 Å². The molecule has 0 aromatic heterocycles. The van der Waals surface area contributed by atoms with Gasteiger partial charge in [0.25, 0.3) is 0 Å². The Morgan fingerprint density at radius 1 is 0.475 bits per heavy atom. The van der Waals surface area contributed by atoms with Crippen molar-refractivity contribution in [2.24, 2.45) is 0 Å². The lowest BCUT2D eigenvalue weighted by Gasteiger charge is -2.20. The van der Waals surface area contributed by atoms with Gasteiger partial charge in [0.05, 0.1) is 25.4 Å². The number of benzene rings is 4. The standard InChI is InChI=1S/C34H40O2S4/c1-3-15-33-27(9-1)11-5-13-29(33)21-35-31-23-37-17-7-19-39-25-32(26-40-20-8-18-38-24-31)36-22-30-14-6-12-28-10-2-4-16-34(28)30/h1-6,9-16,31-32H,7-8,17-26H2. The summed E-state index contributed by atoms with van der Waals surface area (Å²) in [7, 11) is 0. The summed E-state index contributed by atoms with van der Waals surface area (Å²) in [6, 6.07) is 30.4. The van der Waals surface area contributed by atoms with Crippen molar-refractivity contribution in [3.8, 4) is 0 Å². The molecule has 0 saturated carbocycles. The minimum absolute atomic E-state index is 0.300. The lowest BCUT2D eigenvalue weighted by Crippen LogP contribution is -2.21. The minimum atomic E-state index is 0.300. The van der Waals surface area contributed by atoms with Crippen molar-refractivity contribution in [1.29, 1.82) is 0 Å². The van der Waals surface area contributed by atoms with Crippen LogP contribution in [0.5, 0.6) is 0 Å². The monoisotopic (exact) mass is 608 g/mol. The van der Waals surface area contributed by atoms with Gasteiger partial charge in [-0.2, -0.15) is 47.0 Å². The fourth-order valence-electron chi connectivity index (χ4n) is 4.93. The van der Waals surface area contributed by atoms with Crippen LogP contribution in [0.3, 0.4) is 0 Å². The van der Waals surface area contributed by atoms with E-state index < -0.39 is 0 Å². The Morgan fingerprint density at radius 2 is 0.850 bits per heavy atom. The van der Waals surface area contributed by atoms with Gasteiger partial charge in [0.1, 0.15) is 0 Å². The van der Waals surface area contributed by atoms with Crippen LogP contribution < -0.4 is 0 Å². The Kier molecular flexibility index (Phi) is 12.8. The van der Waals surface area contributed by atoms with Crippen molar-refractivity contribution in [1.82, 2.24) is 0 Å². The topological polar surface area (TPSA) is 18.5 Å². The third kappa shape index (κ3) is 9.37. The Hall–Kier alpha value is -1.28. The largest absolute Gasteiger partial charge is 0.372 e. The molecule has 0 N–H and O–H groups in total. The summed E-state index contributed by atoms with van der Waals surface area (Å²) in [5, 5.41) is 5.21. The maximum Gasteiger partial charge on any atom is 0.0760 e. The lowest BCUT2D eigenvalue weighted by atomic mass is 10.1. The Labute approximate surface area is 257 Å². The number of rotatable bonds is 6. The third-order valence-electron chi connectivity index (χ3n) is 7.08. The molecule has 1 aliphatic rings. The average molecular weight is 609 g/mol. The number of hydrogen-bond donors (Lipinski definition) is 0. The van der Waals surface area contributed by atoms with E-state index in [0.717, 1.165) is 23.0 Å². The first-order chi connectivity index (χ1) is 19.9. The van der Waals surface area contributed by atoms with Gasteiger partial charge >= 0.3 is 0 Å². The zero-order valence-electron chi connectivity index (χ0n) is 23.2. The first kappa shape index (κ1) is 30.2. The highest BCUT2D eigenvalue weighted by Gasteiger charge is 2.14. The second-order valence-corrected chi connectivity index (χ2v) is 14.7. The van der Waals surface area contributed by atoms with Gasteiger partial charge in [-0.25, -0.2) is 0 Å². The van der Waals surface area contributed by atoms with Crippen molar-refractivity contribution in [3.05, 3.63) is 96.1 Å². The highest BCUT2D eigenvalue weighted by Crippen LogP contribution is 2.24. The van der Waals surface area contributed by atoms with E-state index >= 15 is 0 Å². The van der Waals surface area contributed by atoms with E-state index in [9.17, 15) is 0 Å². The molecule has 1 heterocycles. The predicted molar refractivity (Wildman–Crippen MR) is 184 cm³/mol. The summed E-state index contributed by atoms with van der Waals surface area (Å²) < 4.78 is 13.0. The second-order valence-electron chi connectivity index (χ2n) is 10.1. The van der Waals surface area contributed by atoms with Crippen molar-refractivity contribution in [2.75, 3.05) is 46.0 Å². The maximum atomic E-state index is 6.52. The van der Waals surface area contributed by atoms with E-state index in [4.69, 9.17) is 9.47 Å². The van der Waals surface area contributed by atoms with Crippen LogP contribution in [0.1, 0.15) is 24.0 Å². The molecule has 0 aliphatic carbocycles. The Morgan fingerprint density at radius 3 is 1.27 bits per heavy atom. The SMILES string of the molecule is c1ccc2c(COC3CSCCCSCC(OCc4cccc5ccccc45)CSCCCSC3)cccc2c1. The fourth-order valence-corrected chi connectivity index (χ4v) is 9.56. The first-order valence-electron chi connectivity index (χ1n) is 14.3. The molecule has 0 atom stereocenters. The number of ether oxygens (including phenoxy) is 2. The van der Waals surface area contributed by atoms with E-state index in [0.29, 0.717) is 25.4 Å². The molecule has 4 aromatic carbocycles. The first-order valence-corrected chi connectivity index (χ1v) is 19.0. The van der Waals surface area contributed by atoms with Gasteiger partial charge in [0.15, 0.2) is 0 Å². The van der Waals surface area contributed by atoms with Crippen LogP contribution in [-0.2, 0) is 22.7 Å². The molecule has 0 unspecified atom stereocenters. The molecule has 0 bridgehead atoms. The summed E-state index contributed by atoms with van der Waals surface area (Å²) in [4.78, 5) is 0. The normalized spacial score (nSPS) is 20.5. The van der Waals surface area contributed by atoms with Crippen LogP contribution in [0.4, 0.5) is 0 Å². The van der Waals surface area contributed by atoms with Gasteiger partial charge in [-0.05, 0) is 68.5 Å². The highest BCUT2D eigenvalue weighted by atomic mass is 32.2. The molecule has 0 radical (unpaired) electrons. The zero-order chi connectivity index (χ0) is 27.2. The summed E-state index contributed by atoms with van der Waals surface area (Å²) in [5.41, 5.74) is 2.59. The van der Waals surface area contributed by atoms with Gasteiger partial charge < -0.3 is 9.47 Å². The van der Waals surface area contributed by atoms with Crippen LogP contribution in [0.25, 0.3) is 21.5 Å². The zero-order valence-corrected chi connectivity index (χ0v) is 26.4. The average Bonchev–Trinajstić information content (AvgIpc) is 3.00. The molecule has 0 amide bonds. The molecule has 5 rings (SSSR count). The predicted octanol–water partition coefficient (Wildman–Crippen LogP) is 9.19. The van der Waals surface area contributed by atoms with Crippen LogP contribution in [0, 0.1) is 0 Å². The molecule has 6 heteroatoms. The van der Waals surface area contributed by atoms with Gasteiger partial charge in [0.2, 0.25) is 0 Å². The molecule has 40 heavy (non-hydrogen) atoms. The Bertz CT molecular complexity index is 1190. The number of hydrogen-bond acceptors (Lipinski definition) is 6. The van der Waals surface area contributed by atoms with E-state index in [1.54, 1.807) is 0 Å². The number of thioether (sulfide) groups is 4. The third-order valence-corrected chi connectivity index (χ3v) is 11.8. The van der Waals surface area contributed by atoms with Gasteiger partial charge in [-0.15, -0.1) is 0 Å². The molecular formula is C34H40O2S4. The number of fused-ring (bicyclic) bond motifs is 2. The molecule has 4 aromatic rings. The quantitative estimate of drug-likeness (QED) is 0.216. The van der Waals surface area contributed by atoms with Gasteiger partial charge in [-0.3, -0.25) is 0 Å². The van der Waals surface area contributed by atoms with Crippen LogP contribution in [0.15, 0.2) is 84.9 Å². The van der Waals surface area contributed by atoms with Gasteiger partial charge in [0, 0.05) is 23.0 Å². The van der Waals surface area contributed by atoms with E-state index in [-0.39, 0.29) is 0 Å². The molecular weight excluding hydrogens is 569 g/mol. The van der Waals surface area contributed by atoms with Gasteiger partial charge in [-0.1, -0.05) is 84.9 Å². The molecule has 1 fully saturated rings. The second kappa shape index (κ2) is 17.0. The van der Waals surface area contributed by atoms with Crippen molar-refractivity contribution < 1.29 is 9.47 Å². The highest BCUT2D eigenvalue weighted by molar-refractivity contribution is 8.01. The summed E-state index contributed by atoms with van der Waals surface area (Å²) in [6.45, 7) is 1.39. The van der Waals surface area contributed by atoms with Crippen molar-refractivity contribution in [2.45, 2.75) is 38.3 Å². The van der Waals surface area contributed by atoms with E-state index in [1.165, 1.54) is 68.5 Å². The summed E-state index contributed by atoms with van der Waals surface area (Å²) >= 11 is 8.23. The van der Waals surface area contributed by atoms with Crippen molar-refractivity contribution in [3.63, 3.8) is 0 Å². The van der Waals surface area contributed by atoms with Crippen LogP contribution in [0.2, 0.25) is 0 Å². The fraction of sp³-hybridized carbons (Fsp3) is 0.412. The smallest absolute Gasteiger partial charge is 0.0760 e. The molecule has 212 valence electrons. The molecule has 2 nitrogen and oxygen atoms in total. The van der Waals surface area contributed by atoms with Crippen molar-refractivity contribution >= 4 is 68.6 Å². The minimum Gasteiger partial charge on any atom is -0.372 e. The lowest BCUT2D eigenvalue weighted by molar-refractivity contribution is 0.0725.